The Hall–Kier alpha value is -6.35. The van der Waals surface area contributed by atoms with Gasteiger partial charge in [0.25, 0.3) is 5.69 Å². The summed E-state index contributed by atoms with van der Waals surface area (Å²) < 4.78 is 0. The molecule has 1 aliphatic rings. The van der Waals surface area contributed by atoms with Gasteiger partial charge in [-0.05, 0) is 53.4 Å². The minimum atomic E-state index is -1.26. The zero-order chi connectivity index (χ0) is 45.4. The van der Waals surface area contributed by atoms with Crippen LogP contribution in [0.4, 0.5) is 15.3 Å². The SMILES string of the molecule is CN(C(=O)O)[C@H](C(=O)N[C@@H](Cc1ccc(-c2ccccn2)cc1)C[C@H](O)[C@H](Cc1ccccc1)NC(=O)[C@@H](N1CCN(Cc2ccccc2[N+](=O)[O-])C1=O)C(C)(C)C)C(C)(C)C. The van der Waals surface area contributed by atoms with Crippen molar-refractivity contribution >= 4 is 29.6 Å². The second kappa shape index (κ2) is 20.0. The first-order valence-electron chi connectivity index (χ1n) is 20.8. The largest absolute Gasteiger partial charge is 0.465 e. The van der Waals surface area contributed by atoms with Gasteiger partial charge in [0, 0.05) is 49.6 Å². The molecular formula is C47H59N7O8. The summed E-state index contributed by atoms with van der Waals surface area (Å²) in [5.41, 5.74) is 2.09. The molecule has 0 spiro atoms. The van der Waals surface area contributed by atoms with Crippen molar-refractivity contribution in [3.05, 3.63) is 130 Å². The van der Waals surface area contributed by atoms with E-state index < -0.39 is 70.0 Å². The van der Waals surface area contributed by atoms with Gasteiger partial charge in [0.1, 0.15) is 12.1 Å². The fourth-order valence-corrected chi connectivity index (χ4v) is 8.25. The molecule has 1 saturated heterocycles. The van der Waals surface area contributed by atoms with Gasteiger partial charge in [-0.15, -0.1) is 0 Å². The smallest absolute Gasteiger partial charge is 0.407 e. The maximum atomic E-state index is 14.6. The Morgan fingerprint density at radius 1 is 0.823 bits per heavy atom. The maximum absolute atomic E-state index is 14.6. The Kier molecular flexibility index (Phi) is 15.1. The number of nitro benzene ring substituents is 1. The summed E-state index contributed by atoms with van der Waals surface area (Å²) in [6, 6.07) is 24.8. The van der Waals surface area contributed by atoms with Crippen LogP contribution in [0.3, 0.4) is 0 Å². The highest BCUT2D eigenvalue weighted by molar-refractivity contribution is 5.89. The molecule has 2 heterocycles. The van der Waals surface area contributed by atoms with Crippen molar-refractivity contribution in [2.75, 3.05) is 20.1 Å². The molecular weight excluding hydrogens is 791 g/mol. The molecule has 1 fully saturated rings. The fraction of sp³-hybridized carbons (Fsp3) is 0.426. The number of nitro groups is 1. The number of likely N-dealkylation sites (N-methyl/N-ethyl adjacent to an activating group) is 1. The second-order valence-electron chi connectivity index (χ2n) is 18.1. The van der Waals surface area contributed by atoms with Crippen LogP contribution in [0.5, 0.6) is 0 Å². The molecule has 0 saturated carbocycles. The zero-order valence-corrected chi connectivity index (χ0v) is 36.5. The average Bonchev–Trinajstić information content (AvgIpc) is 3.55. The maximum Gasteiger partial charge on any atom is 0.407 e. The third kappa shape index (κ3) is 11.9. The van der Waals surface area contributed by atoms with Crippen molar-refractivity contribution < 1.29 is 34.3 Å². The number of para-hydroxylation sites is 1. The van der Waals surface area contributed by atoms with Gasteiger partial charge in [-0.3, -0.25) is 29.6 Å². The molecule has 0 unspecified atom stereocenters. The Bertz CT molecular complexity index is 2170. The van der Waals surface area contributed by atoms with E-state index in [4.69, 9.17) is 0 Å². The van der Waals surface area contributed by atoms with Gasteiger partial charge in [-0.1, -0.05) is 120 Å². The van der Waals surface area contributed by atoms with Gasteiger partial charge in [-0.25, -0.2) is 9.59 Å². The first-order chi connectivity index (χ1) is 29.2. The van der Waals surface area contributed by atoms with Gasteiger partial charge in [0.05, 0.1) is 29.3 Å². The molecule has 1 aromatic heterocycles. The van der Waals surface area contributed by atoms with Gasteiger partial charge in [0.15, 0.2) is 0 Å². The monoisotopic (exact) mass is 849 g/mol. The fourth-order valence-electron chi connectivity index (χ4n) is 8.25. The average molecular weight is 850 g/mol. The van der Waals surface area contributed by atoms with Crippen LogP contribution < -0.4 is 10.6 Å². The number of carbonyl (C=O) groups is 4. The number of aliphatic hydroxyl groups is 1. The number of benzene rings is 3. The van der Waals surface area contributed by atoms with Crippen LogP contribution in [0.2, 0.25) is 0 Å². The van der Waals surface area contributed by atoms with Crippen LogP contribution in [-0.2, 0) is 29.0 Å². The molecule has 330 valence electrons. The summed E-state index contributed by atoms with van der Waals surface area (Å²) >= 11 is 0. The molecule has 0 bridgehead atoms. The van der Waals surface area contributed by atoms with E-state index in [0.29, 0.717) is 5.56 Å². The molecule has 62 heavy (non-hydrogen) atoms. The summed E-state index contributed by atoms with van der Waals surface area (Å²) in [4.78, 5) is 74.5. The van der Waals surface area contributed by atoms with Crippen LogP contribution in [-0.4, -0.2) is 109 Å². The van der Waals surface area contributed by atoms with E-state index in [0.717, 1.165) is 27.3 Å². The molecule has 0 radical (unpaired) electrons. The first kappa shape index (κ1) is 46.7. The lowest BCUT2D eigenvalue weighted by molar-refractivity contribution is -0.385. The van der Waals surface area contributed by atoms with Crippen molar-refractivity contribution in [1.29, 1.82) is 0 Å². The van der Waals surface area contributed by atoms with Crippen molar-refractivity contribution in [1.82, 2.24) is 30.3 Å². The lowest BCUT2D eigenvalue weighted by atomic mass is 9.84. The first-order valence-corrected chi connectivity index (χ1v) is 20.8. The van der Waals surface area contributed by atoms with E-state index in [1.54, 1.807) is 45.2 Å². The number of nitrogens with one attached hydrogen (secondary N) is 2. The minimum Gasteiger partial charge on any atom is -0.465 e. The molecule has 5 atom stereocenters. The van der Waals surface area contributed by atoms with Crippen LogP contribution in [0.1, 0.15) is 64.7 Å². The van der Waals surface area contributed by atoms with E-state index in [1.807, 2.05) is 93.6 Å². The number of carbonyl (C=O) groups excluding carboxylic acids is 3. The summed E-state index contributed by atoms with van der Waals surface area (Å²) in [5.74, 6) is -1.01. The normalized spacial score (nSPS) is 15.6. The summed E-state index contributed by atoms with van der Waals surface area (Å²) in [7, 11) is 1.35. The molecule has 5 amide bonds. The predicted molar refractivity (Wildman–Crippen MR) is 236 cm³/mol. The molecule has 0 aliphatic carbocycles. The number of rotatable bonds is 17. The number of hydrogen-bond acceptors (Lipinski definition) is 8. The van der Waals surface area contributed by atoms with Crippen molar-refractivity contribution in [2.45, 2.75) is 97.6 Å². The Morgan fingerprint density at radius 3 is 2.05 bits per heavy atom. The number of carboxylic acid groups (broad SMARTS) is 1. The Morgan fingerprint density at radius 2 is 1.45 bits per heavy atom. The van der Waals surface area contributed by atoms with E-state index >= 15 is 0 Å². The number of aliphatic hydroxyl groups excluding tert-OH is 1. The van der Waals surface area contributed by atoms with E-state index in [-0.39, 0.29) is 44.6 Å². The van der Waals surface area contributed by atoms with E-state index in [9.17, 15) is 39.5 Å². The lowest BCUT2D eigenvalue weighted by Crippen LogP contribution is -2.59. The van der Waals surface area contributed by atoms with Crippen molar-refractivity contribution in [3.8, 4) is 11.3 Å². The number of aromatic nitrogens is 1. The Labute approximate surface area is 363 Å². The van der Waals surface area contributed by atoms with Gasteiger partial charge in [0.2, 0.25) is 11.8 Å². The van der Waals surface area contributed by atoms with Crippen LogP contribution in [0.15, 0.2) is 103 Å². The molecule has 4 N–H and O–H groups in total. The van der Waals surface area contributed by atoms with E-state index in [2.05, 4.69) is 15.6 Å². The van der Waals surface area contributed by atoms with Crippen LogP contribution >= 0.6 is 0 Å². The highest BCUT2D eigenvalue weighted by atomic mass is 16.6. The number of urea groups is 1. The molecule has 15 heteroatoms. The third-order valence-corrected chi connectivity index (χ3v) is 11.2. The molecule has 4 aromatic rings. The number of pyridine rings is 1. The molecule has 3 aromatic carbocycles. The lowest BCUT2D eigenvalue weighted by Gasteiger charge is -2.38. The predicted octanol–water partition coefficient (Wildman–Crippen LogP) is 6.54. The number of amides is 5. The number of nitrogens with zero attached hydrogens (tertiary/aromatic N) is 5. The quantitative estimate of drug-likeness (QED) is 0.0673. The Balaban J connectivity index is 1.43. The van der Waals surface area contributed by atoms with Crippen molar-refractivity contribution in [2.24, 2.45) is 10.8 Å². The second-order valence-corrected chi connectivity index (χ2v) is 18.1. The molecule has 1 aliphatic heterocycles. The topological polar surface area (TPSA) is 199 Å². The highest BCUT2D eigenvalue weighted by Gasteiger charge is 2.45. The molecule has 5 rings (SSSR count). The van der Waals surface area contributed by atoms with Gasteiger partial charge in [-0.2, -0.15) is 0 Å². The van der Waals surface area contributed by atoms with Gasteiger partial charge < -0.3 is 30.6 Å². The highest BCUT2D eigenvalue weighted by Crippen LogP contribution is 2.31. The third-order valence-electron chi connectivity index (χ3n) is 11.2. The van der Waals surface area contributed by atoms with Gasteiger partial charge >= 0.3 is 12.1 Å². The summed E-state index contributed by atoms with van der Waals surface area (Å²) in [5, 5.41) is 40.0. The van der Waals surface area contributed by atoms with Crippen LogP contribution in [0, 0.1) is 20.9 Å². The summed E-state index contributed by atoms with van der Waals surface area (Å²) in [6.45, 7) is 11.3. The standard InChI is InChI=1S/C47H59N7O8/c1-46(2,3)40(51(7)45(59)60)42(56)49-35(27-32-20-22-33(23-21-32)36-18-13-14-24-48-36)29-39(55)37(28-31-15-9-8-10-16-31)50-43(57)41(47(4,5)6)53-26-25-52(44(53)58)30-34-17-11-12-19-38(34)54(61)62/h8-24,35,37,39-41,55H,25-30H2,1-7H3,(H,49,56)(H,50,57)(H,59,60)/t35-,37-,39-,40+,41+/m0/s1. The zero-order valence-electron chi connectivity index (χ0n) is 36.5. The van der Waals surface area contributed by atoms with Crippen LogP contribution in [0.25, 0.3) is 11.3 Å². The summed E-state index contributed by atoms with van der Waals surface area (Å²) in [6.07, 6.45) is -0.314. The van der Waals surface area contributed by atoms with E-state index in [1.165, 1.54) is 22.9 Å². The van der Waals surface area contributed by atoms with Crippen molar-refractivity contribution in [3.63, 3.8) is 0 Å². The number of hydrogen-bond donors (Lipinski definition) is 4. The molecule has 15 nitrogen and oxygen atoms in total. The minimum absolute atomic E-state index is 0.00236.